The van der Waals surface area contributed by atoms with Gasteiger partial charge in [0, 0.05) is 28.5 Å². The van der Waals surface area contributed by atoms with Crippen LogP contribution in [-0.2, 0) is 0 Å². The van der Waals surface area contributed by atoms with Gasteiger partial charge in [0.1, 0.15) is 11.5 Å². The molecule has 0 N–H and O–H groups in total. The van der Waals surface area contributed by atoms with Crippen molar-refractivity contribution in [3.05, 3.63) is 120 Å². The van der Waals surface area contributed by atoms with E-state index in [1.807, 2.05) is 71.3 Å². The van der Waals surface area contributed by atoms with Gasteiger partial charge in [0.05, 0.1) is 20.3 Å². The summed E-state index contributed by atoms with van der Waals surface area (Å²) in [7, 11) is 3.21. The van der Waals surface area contributed by atoms with Crippen LogP contribution in [0.25, 0.3) is 0 Å². The summed E-state index contributed by atoms with van der Waals surface area (Å²) in [6.45, 7) is 2.03. The molecule has 4 aromatic carbocycles. The van der Waals surface area contributed by atoms with Crippen LogP contribution in [0.5, 0.6) is 11.5 Å². The minimum absolute atomic E-state index is 0.0844. The average Bonchev–Trinajstić information content (AvgIpc) is 2.97. The number of carbonyl (C=O) groups is 2. The lowest BCUT2D eigenvalue weighted by Crippen LogP contribution is -2.47. The van der Waals surface area contributed by atoms with E-state index >= 15 is 0 Å². The minimum atomic E-state index is -0.266. The van der Waals surface area contributed by atoms with E-state index in [-0.39, 0.29) is 23.9 Å². The standard InChI is InChI=1S/C32H30N2O4/c1-22-21-30(34(25-9-5-4-6-10-25)32(36)24-15-19-27(38-3)20-16-24)28-11-7-8-12-29(28)33(22)31(35)23-13-17-26(37-2)18-14-23/h4-20,22,30H,21H2,1-3H3/t22-,30+/m1/s1. The molecule has 0 bridgehead atoms. The molecule has 5 rings (SSSR count). The van der Waals surface area contributed by atoms with Crippen molar-refractivity contribution in [2.24, 2.45) is 0 Å². The number of para-hydroxylation sites is 2. The molecule has 0 saturated heterocycles. The van der Waals surface area contributed by atoms with Crippen LogP contribution in [0.2, 0.25) is 0 Å². The maximum atomic E-state index is 14.1. The van der Waals surface area contributed by atoms with Crippen LogP contribution in [0.15, 0.2) is 103 Å². The van der Waals surface area contributed by atoms with Gasteiger partial charge < -0.3 is 19.3 Å². The first-order chi connectivity index (χ1) is 18.5. The lowest BCUT2D eigenvalue weighted by Gasteiger charge is -2.43. The maximum absolute atomic E-state index is 14.1. The third kappa shape index (κ3) is 4.73. The van der Waals surface area contributed by atoms with Gasteiger partial charge in [0.2, 0.25) is 0 Å². The lowest BCUT2D eigenvalue weighted by atomic mass is 9.89. The van der Waals surface area contributed by atoms with Gasteiger partial charge in [-0.1, -0.05) is 36.4 Å². The smallest absolute Gasteiger partial charge is 0.258 e. The Morgan fingerprint density at radius 3 is 1.89 bits per heavy atom. The van der Waals surface area contributed by atoms with Crippen LogP contribution < -0.4 is 19.3 Å². The number of nitrogens with zero attached hydrogens (tertiary/aromatic N) is 2. The molecule has 6 nitrogen and oxygen atoms in total. The van der Waals surface area contributed by atoms with Crippen molar-refractivity contribution >= 4 is 23.2 Å². The van der Waals surface area contributed by atoms with Gasteiger partial charge in [-0.3, -0.25) is 9.59 Å². The number of hydrogen-bond donors (Lipinski definition) is 0. The van der Waals surface area contributed by atoms with Crippen molar-refractivity contribution in [3.63, 3.8) is 0 Å². The molecule has 38 heavy (non-hydrogen) atoms. The molecule has 0 radical (unpaired) electrons. The van der Waals surface area contributed by atoms with Gasteiger partial charge in [0.15, 0.2) is 0 Å². The van der Waals surface area contributed by atoms with Crippen molar-refractivity contribution in [1.82, 2.24) is 0 Å². The fourth-order valence-electron chi connectivity index (χ4n) is 5.11. The molecule has 0 unspecified atom stereocenters. The third-order valence-corrected chi connectivity index (χ3v) is 7.02. The molecule has 4 aromatic rings. The van der Waals surface area contributed by atoms with Gasteiger partial charge in [-0.25, -0.2) is 0 Å². The van der Waals surface area contributed by atoms with Crippen molar-refractivity contribution in [1.29, 1.82) is 0 Å². The predicted molar refractivity (Wildman–Crippen MR) is 149 cm³/mol. The zero-order valence-electron chi connectivity index (χ0n) is 21.7. The quantitative estimate of drug-likeness (QED) is 0.298. The Bertz CT molecular complexity index is 1420. The fourth-order valence-corrected chi connectivity index (χ4v) is 5.11. The molecule has 2 amide bonds. The summed E-state index contributed by atoms with van der Waals surface area (Å²) in [4.78, 5) is 31.5. The number of amides is 2. The third-order valence-electron chi connectivity index (χ3n) is 7.02. The van der Waals surface area contributed by atoms with Gasteiger partial charge in [-0.15, -0.1) is 0 Å². The van der Waals surface area contributed by atoms with E-state index in [1.54, 1.807) is 62.8 Å². The van der Waals surface area contributed by atoms with Crippen molar-refractivity contribution in [3.8, 4) is 11.5 Å². The molecule has 192 valence electrons. The molecular weight excluding hydrogens is 476 g/mol. The first-order valence-corrected chi connectivity index (χ1v) is 12.6. The number of anilines is 2. The van der Waals surface area contributed by atoms with Crippen LogP contribution >= 0.6 is 0 Å². The second-order valence-corrected chi connectivity index (χ2v) is 9.30. The molecule has 0 saturated carbocycles. The Balaban J connectivity index is 1.57. The number of methoxy groups -OCH3 is 2. The van der Waals surface area contributed by atoms with E-state index in [9.17, 15) is 9.59 Å². The van der Waals surface area contributed by atoms with Crippen molar-refractivity contribution < 1.29 is 19.1 Å². The zero-order valence-corrected chi connectivity index (χ0v) is 21.7. The molecule has 1 aliphatic heterocycles. The molecule has 2 atom stereocenters. The Morgan fingerprint density at radius 2 is 1.29 bits per heavy atom. The Labute approximate surface area is 223 Å². The van der Waals surface area contributed by atoms with Crippen LogP contribution in [0, 0.1) is 0 Å². The molecule has 1 aliphatic rings. The number of carbonyl (C=O) groups excluding carboxylic acids is 2. The predicted octanol–water partition coefficient (Wildman–Crippen LogP) is 6.53. The number of benzene rings is 4. The van der Waals surface area contributed by atoms with E-state index in [0.29, 0.717) is 29.0 Å². The maximum Gasteiger partial charge on any atom is 0.258 e. The summed E-state index contributed by atoms with van der Waals surface area (Å²) >= 11 is 0. The second kappa shape index (κ2) is 10.8. The molecule has 0 spiro atoms. The van der Waals surface area contributed by atoms with Gasteiger partial charge in [0.25, 0.3) is 11.8 Å². The molecular formula is C32H30N2O4. The van der Waals surface area contributed by atoms with Crippen LogP contribution in [0.4, 0.5) is 11.4 Å². The fraction of sp³-hybridized carbons (Fsp3) is 0.188. The van der Waals surface area contributed by atoms with Gasteiger partial charge in [-0.05, 0) is 85.6 Å². The lowest BCUT2D eigenvalue weighted by molar-refractivity contribution is 0.0965. The summed E-state index contributed by atoms with van der Waals surface area (Å²) < 4.78 is 10.5. The molecule has 0 aliphatic carbocycles. The Kier molecular flexibility index (Phi) is 7.13. The van der Waals surface area contributed by atoms with Crippen molar-refractivity contribution in [2.75, 3.05) is 24.0 Å². The van der Waals surface area contributed by atoms with Crippen LogP contribution in [-0.4, -0.2) is 32.1 Å². The Hall–Kier alpha value is -4.58. The number of ether oxygens (including phenoxy) is 2. The highest BCUT2D eigenvalue weighted by atomic mass is 16.5. The highest BCUT2D eigenvalue weighted by molar-refractivity contribution is 6.09. The molecule has 0 aromatic heterocycles. The van der Waals surface area contributed by atoms with Crippen LogP contribution in [0.3, 0.4) is 0 Å². The SMILES string of the molecule is COc1ccc(C(=O)N2c3ccccc3[C@@H](N(C(=O)c3ccc(OC)cc3)c3ccccc3)C[C@H]2C)cc1. The van der Waals surface area contributed by atoms with Crippen molar-refractivity contribution in [2.45, 2.75) is 25.4 Å². The molecule has 0 fully saturated rings. The van der Waals surface area contributed by atoms with Gasteiger partial charge >= 0.3 is 0 Å². The summed E-state index contributed by atoms with van der Waals surface area (Å²) in [5.74, 6) is 1.20. The topological polar surface area (TPSA) is 59.1 Å². The molecule has 1 heterocycles. The van der Waals surface area contributed by atoms with E-state index in [2.05, 4.69) is 0 Å². The van der Waals surface area contributed by atoms with E-state index in [0.717, 1.165) is 16.9 Å². The van der Waals surface area contributed by atoms with E-state index in [1.165, 1.54) is 0 Å². The Morgan fingerprint density at radius 1 is 0.737 bits per heavy atom. The number of fused-ring (bicyclic) bond motifs is 1. The van der Waals surface area contributed by atoms with Gasteiger partial charge in [-0.2, -0.15) is 0 Å². The normalized spacial score (nSPS) is 16.3. The summed E-state index contributed by atoms with van der Waals surface area (Å²) in [5.41, 5.74) is 3.69. The first kappa shape index (κ1) is 25.1. The zero-order chi connectivity index (χ0) is 26.6. The first-order valence-electron chi connectivity index (χ1n) is 12.6. The second-order valence-electron chi connectivity index (χ2n) is 9.30. The minimum Gasteiger partial charge on any atom is -0.497 e. The highest BCUT2D eigenvalue weighted by Gasteiger charge is 2.39. The molecule has 6 heteroatoms. The number of rotatable bonds is 6. The summed E-state index contributed by atoms with van der Waals surface area (Å²) in [6, 6.07) is 31.5. The summed E-state index contributed by atoms with van der Waals surface area (Å²) in [5, 5.41) is 0. The van der Waals surface area contributed by atoms with E-state index in [4.69, 9.17) is 9.47 Å². The van der Waals surface area contributed by atoms with Crippen LogP contribution in [0.1, 0.15) is 45.7 Å². The highest BCUT2D eigenvalue weighted by Crippen LogP contribution is 2.43. The number of hydrogen-bond acceptors (Lipinski definition) is 4. The average molecular weight is 507 g/mol. The largest absolute Gasteiger partial charge is 0.497 e. The monoisotopic (exact) mass is 506 g/mol. The van der Waals surface area contributed by atoms with E-state index < -0.39 is 0 Å². The summed E-state index contributed by atoms with van der Waals surface area (Å²) in [6.07, 6.45) is 0.579.